The summed E-state index contributed by atoms with van der Waals surface area (Å²) in [6.45, 7) is 8.72. The van der Waals surface area contributed by atoms with Gasteiger partial charge >= 0.3 is 0 Å². The molecule has 1 rings (SSSR count). The molecule has 0 saturated heterocycles. The second kappa shape index (κ2) is 7.01. The van der Waals surface area contributed by atoms with Crippen LogP contribution in [-0.2, 0) is 22.6 Å². The van der Waals surface area contributed by atoms with Gasteiger partial charge in [0.05, 0.1) is 25.9 Å². The minimum absolute atomic E-state index is 0.273. The largest absolute Gasteiger partial charge is 0.376 e. The van der Waals surface area contributed by atoms with Gasteiger partial charge in [-0.1, -0.05) is 0 Å². The molecule has 0 amide bonds. The summed E-state index contributed by atoms with van der Waals surface area (Å²) in [5, 5.41) is 0. The third-order valence-corrected chi connectivity index (χ3v) is 3.32. The van der Waals surface area contributed by atoms with Crippen molar-refractivity contribution in [2.75, 3.05) is 13.2 Å². The monoisotopic (exact) mass is 243 g/mol. The Balaban J connectivity index is 2.23. The molecule has 4 heteroatoms. The molecule has 0 unspecified atom stereocenters. The van der Waals surface area contributed by atoms with Crippen molar-refractivity contribution in [3.63, 3.8) is 0 Å². The highest BCUT2D eigenvalue weighted by Gasteiger charge is 2.04. The molecule has 0 saturated carbocycles. The number of aryl methyl sites for hydroxylation is 1. The van der Waals surface area contributed by atoms with E-state index in [-0.39, 0.29) is 6.10 Å². The summed E-state index contributed by atoms with van der Waals surface area (Å²) >= 11 is 1.75. The molecule has 2 N–H and O–H groups in total. The van der Waals surface area contributed by atoms with Crippen LogP contribution in [-0.4, -0.2) is 19.3 Å². The minimum Gasteiger partial charge on any atom is -0.376 e. The molecule has 16 heavy (non-hydrogen) atoms. The SMILES string of the molecule is Cc1sc(CN)cc1COCCOC(C)C. The van der Waals surface area contributed by atoms with Crippen LogP contribution >= 0.6 is 11.3 Å². The van der Waals surface area contributed by atoms with Gasteiger partial charge < -0.3 is 15.2 Å². The van der Waals surface area contributed by atoms with Crippen LogP contribution < -0.4 is 5.73 Å². The van der Waals surface area contributed by atoms with Gasteiger partial charge in [-0.25, -0.2) is 0 Å². The van der Waals surface area contributed by atoms with Crippen LogP contribution in [0.1, 0.15) is 29.2 Å². The second-order valence-electron chi connectivity index (χ2n) is 3.97. The number of nitrogens with two attached hydrogens (primary N) is 1. The molecule has 1 aromatic rings. The molecule has 0 fully saturated rings. The van der Waals surface area contributed by atoms with Gasteiger partial charge in [0.2, 0.25) is 0 Å². The van der Waals surface area contributed by atoms with E-state index < -0.39 is 0 Å². The van der Waals surface area contributed by atoms with Gasteiger partial charge in [0.15, 0.2) is 0 Å². The molecule has 1 aromatic heterocycles. The third-order valence-electron chi connectivity index (χ3n) is 2.21. The highest BCUT2D eigenvalue weighted by molar-refractivity contribution is 7.12. The lowest BCUT2D eigenvalue weighted by Crippen LogP contribution is -2.09. The zero-order valence-electron chi connectivity index (χ0n) is 10.3. The summed E-state index contributed by atoms with van der Waals surface area (Å²) in [5.41, 5.74) is 6.84. The van der Waals surface area contributed by atoms with Crippen LogP contribution in [0.15, 0.2) is 6.07 Å². The number of hydrogen-bond donors (Lipinski definition) is 1. The van der Waals surface area contributed by atoms with Crippen molar-refractivity contribution in [1.29, 1.82) is 0 Å². The fourth-order valence-electron chi connectivity index (χ4n) is 1.36. The van der Waals surface area contributed by atoms with Crippen LogP contribution in [0.4, 0.5) is 0 Å². The average molecular weight is 243 g/mol. The van der Waals surface area contributed by atoms with E-state index >= 15 is 0 Å². The van der Waals surface area contributed by atoms with Crippen molar-refractivity contribution in [3.8, 4) is 0 Å². The number of hydrogen-bond acceptors (Lipinski definition) is 4. The molecular formula is C12H21NO2S. The standard InChI is InChI=1S/C12H21NO2S/c1-9(2)15-5-4-14-8-11-6-12(7-13)16-10(11)3/h6,9H,4-5,7-8,13H2,1-3H3. The van der Waals surface area contributed by atoms with Crippen LogP contribution in [0.3, 0.4) is 0 Å². The highest BCUT2D eigenvalue weighted by atomic mass is 32.1. The van der Waals surface area contributed by atoms with E-state index in [2.05, 4.69) is 13.0 Å². The van der Waals surface area contributed by atoms with E-state index in [1.807, 2.05) is 13.8 Å². The number of thiophene rings is 1. The van der Waals surface area contributed by atoms with Crippen molar-refractivity contribution in [2.24, 2.45) is 5.73 Å². The summed E-state index contributed by atoms with van der Waals surface area (Å²) in [7, 11) is 0. The summed E-state index contributed by atoms with van der Waals surface area (Å²) in [4.78, 5) is 2.51. The third kappa shape index (κ3) is 4.61. The summed E-state index contributed by atoms with van der Waals surface area (Å²) < 4.78 is 10.9. The molecule has 1 heterocycles. The smallest absolute Gasteiger partial charge is 0.0728 e. The Morgan fingerprint density at radius 3 is 2.69 bits per heavy atom. The Kier molecular flexibility index (Phi) is 5.98. The summed E-state index contributed by atoms with van der Waals surface area (Å²) in [6.07, 6.45) is 0.273. The van der Waals surface area contributed by atoms with Gasteiger partial charge in [-0.15, -0.1) is 11.3 Å². The maximum absolute atomic E-state index is 5.59. The predicted octanol–water partition coefficient (Wildman–Crippen LogP) is 2.46. The molecule has 0 aliphatic carbocycles. The van der Waals surface area contributed by atoms with E-state index in [1.54, 1.807) is 11.3 Å². The maximum atomic E-state index is 5.59. The second-order valence-corrected chi connectivity index (χ2v) is 5.31. The van der Waals surface area contributed by atoms with Crippen molar-refractivity contribution >= 4 is 11.3 Å². The number of ether oxygens (including phenoxy) is 2. The first-order valence-electron chi connectivity index (χ1n) is 5.61. The minimum atomic E-state index is 0.273. The lowest BCUT2D eigenvalue weighted by atomic mass is 10.2. The van der Waals surface area contributed by atoms with Gasteiger partial charge in [-0.05, 0) is 32.4 Å². The average Bonchev–Trinajstić information content (AvgIpc) is 2.59. The molecule has 0 aliphatic heterocycles. The Morgan fingerprint density at radius 1 is 1.38 bits per heavy atom. The Hall–Kier alpha value is -0.420. The van der Waals surface area contributed by atoms with E-state index in [4.69, 9.17) is 15.2 Å². The van der Waals surface area contributed by atoms with E-state index in [0.717, 1.165) is 0 Å². The summed E-state index contributed by atoms with van der Waals surface area (Å²) in [5.74, 6) is 0. The fourth-order valence-corrected chi connectivity index (χ4v) is 2.28. The first-order chi connectivity index (χ1) is 7.63. The van der Waals surface area contributed by atoms with Crippen molar-refractivity contribution < 1.29 is 9.47 Å². The van der Waals surface area contributed by atoms with Crippen molar-refractivity contribution in [3.05, 3.63) is 21.4 Å². The van der Waals surface area contributed by atoms with Crippen LogP contribution in [0.5, 0.6) is 0 Å². The van der Waals surface area contributed by atoms with Crippen molar-refractivity contribution in [2.45, 2.75) is 40.0 Å². The fraction of sp³-hybridized carbons (Fsp3) is 0.667. The maximum Gasteiger partial charge on any atom is 0.0728 e. The van der Waals surface area contributed by atoms with Crippen LogP contribution in [0.2, 0.25) is 0 Å². The molecule has 0 radical (unpaired) electrons. The first-order valence-corrected chi connectivity index (χ1v) is 6.42. The van der Waals surface area contributed by atoms with Gasteiger partial charge in [-0.3, -0.25) is 0 Å². The molecule has 0 bridgehead atoms. The Bertz CT molecular complexity index is 310. The Labute approximate surface area is 102 Å². The highest BCUT2D eigenvalue weighted by Crippen LogP contribution is 2.21. The first kappa shape index (κ1) is 13.6. The van der Waals surface area contributed by atoms with Crippen LogP contribution in [0.25, 0.3) is 0 Å². The molecule has 0 atom stereocenters. The summed E-state index contributed by atoms with van der Waals surface area (Å²) in [6, 6.07) is 2.13. The van der Waals surface area contributed by atoms with E-state index in [9.17, 15) is 0 Å². The van der Waals surface area contributed by atoms with E-state index in [0.29, 0.717) is 26.4 Å². The van der Waals surface area contributed by atoms with Gasteiger partial charge in [-0.2, -0.15) is 0 Å². The van der Waals surface area contributed by atoms with Crippen molar-refractivity contribution in [1.82, 2.24) is 0 Å². The lowest BCUT2D eigenvalue weighted by molar-refractivity contribution is 0.0142. The van der Waals surface area contributed by atoms with Gasteiger partial charge in [0.25, 0.3) is 0 Å². The molecular weight excluding hydrogens is 222 g/mol. The molecule has 0 spiro atoms. The molecule has 92 valence electrons. The molecule has 0 aliphatic rings. The Morgan fingerprint density at radius 2 is 2.12 bits per heavy atom. The normalized spacial score (nSPS) is 11.3. The predicted molar refractivity (Wildman–Crippen MR) is 67.7 cm³/mol. The lowest BCUT2D eigenvalue weighted by Gasteiger charge is -2.07. The van der Waals surface area contributed by atoms with Gasteiger partial charge in [0, 0.05) is 16.3 Å². The molecule has 0 aromatic carbocycles. The van der Waals surface area contributed by atoms with E-state index in [1.165, 1.54) is 15.3 Å². The van der Waals surface area contributed by atoms with Crippen LogP contribution in [0, 0.1) is 6.92 Å². The molecule has 3 nitrogen and oxygen atoms in total. The van der Waals surface area contributed by atoms with Gasteiger partial charge in [0.1, 0.15) is 0 Å². The number of rotatable bonds is 7. The topological polar surface area (TPSA) is 44.5 Å². The zero-order valence-corrected chi connectivity index (χ0v) is 11.1. The quantitative estimate of drug-likeness (QED) is 0.748. The zero-order chi connectivity index (χ0) is 12.0.